The second-order valence-corrected chi connectivity index (χ2v) is 4.69. The molecule has 0 aliphatic heterocycles. The van der Waals surface area contributed by atoms with Crippen molar-refractivity contribution in [3.63, 3.8) is 0 Å². The molecule has 0 aliphatic rings. The molecule has 1 amide bonds. The van der Waals surface area contributed by atoms with E-state index in [-0.39, 0.29) is 17.2 Å². The number of rotatable bonds is 6. The minimum absolute atomic E-state index is 0.151. The van der Waals surface area contributed by atoms with E-state index in [4.69, 9.17) is 18.9 Å². The van der Waals surface area contributed by atoms with Gasteiger partial charge in [0.2, 0.25) is 0 Å². The van der Waals surface area contributed by atoms with Crippen LogP contribution in [0.3, 0.4) is 0 Å². The quantitative estimate of drug-likeness (QED) is 0.738. The Labute approximate surface area is 129 Å². The minimum atomic E-state index is -0.902. The predicted octanol–water partition coefficient (Wildman–Crippen LogP) is 1.35. The van der Waals surface area contributed by atoms with Crippen molar-refractivity contribution >= 4 is 11.9 Å². The lowest BCUT2D eigenvalue weighted by molar-refractivity contribution is -0.137. The summed E-state index contributed by atoms with van der Waals surface area (Å²) in [5.41, 5.74) is 0.151. The third kappa shape index (κ3) is 3.81. The molecule has 0 unspecified atom stereocenters. The van der Waals surface area contributed by atoms with E-state index in [1.807, 2.05) is 0 Å². The van der Waals surface area contributed by atoms with Crippen molar-refractivity contribution in [2.45, 2.75) is 13.0 Å². The molecule has 122 valence electrons. The van der Waals surface area contributed by atoms with Crippen LogP contribution in [0.4, 0.5) is 0 Å². The first-order chi connectivity index (χ1) is 10.3. The van der Waals surface area contributed by atoms with E-state index in [1.54, 1.807) is 14.1 Å². The summed E-state index contributed by atoms with van der Waals surface area (Å²) in [6.45, 7) is 1.51. The van der Waals surface area contributed by atoms with E-state index in [9.17, 15) is 9.59 Å². The highest BCUT2D eigenvalue weighted by Crippen LogP contribution is 2.35. The molecule has 0 aliphatic carbocycles. The fourth-order valence-electron chi connectivity index (χ4n) is 1.83. The first-order valence-electron chi connectivity index (χ1n) is 6.57. The molecular formula is C15H21NO6. The average molecular weight is 311 g/mol. The number of hydrogen-bond acceptors (Lipinski definition) is 6. The Bertz CT molecular complexity index is 555. The van der Waals surface area contributed by atoms with Gasteiger partial charge in [0.15, 0.2) is 17.6 Å². The summed E-state index contributed by atoms with van der Waals surface area (Å²) in [6, 6.07) is 2.97. The molecule has 7 nitrogen and oxygen atoms in total. The van der Waals surface area contributed by atoms with Crippen LogP contribution < -0.4 is 14.2 Å². The summed E-state index contributed by atoms with van der Waals surface area (Å²) in [7, 11) is 7.53. The molecule has 0 fully saturated rings. The second kappa shape index (κ2) is 7.53. The van der Waals surface area contributed by atoms with Crippen molar-refractivity contribution in [2.24, 2.45) is 0 Å². The first-order valence-corrected chi connectivity index (χ1v) is 6.57. The van der Waals surface area contributed by atoms with Gasteiger partial charge in [0.05, 0.1) is 21.3 Å². The molecule has 1 atom stereocenters. The number of benzene rings is 1. The SMILES string of the molecule is COc1cc(OC)c(C(=O)O[C@H](C)C(=O)N(C)C)cc1OC. The van der Waals surface area contributed by atoms with Crippen molar-refractivity contribution in [2.75, 3.05) is 35.4 Å². The van der Waals surface area contributed by atoms with E-state index in [1.165, 1.54) is 45.3 Å². The average Bonchev–Trinajstić information content (AvgIpc) is 2.52. The van der Waals surface area contributed by atoms with Gasteiger partial charge in [0, 0.05) is 26.2 Å². The molecule has 1 aromatic carbocycles. The Morgan fingerprint density at radius 1 is 0.955 bits per heavy atom. The van der Waals surface area contributed by atoms with Crippen LogP contribution in [-0.2, 0) is 9.53 Å². The molecule has 1 aromatic rings. The van der Waals surface area contributed by atoms with Crippen LogP contribution >= 0.6 is 0 Å². The zero-order chi connectivity index (χ0) is 16.9. The van der Waals surface area contributed by atoms with Gasteiger partial charge in [-0.15, -0.1) is 0 Å². The predicted molar refractivity (Wildman–Crippen MR) is 79.7 cm³/mol. The molecule has 1 rings (SSSR count). The van der Waals surface area contributed by atoms with Crippen molar-refractivity contribution in [1.82, 2.24) is 4.90 Å². The molecular weight excluding hydrogens is 290 g/mol. The van der Waals surface area contributed by atoms with Crippen LogP contribution in [0.5, 0.6) is 17.2 Å². The number of hydrogen-bond donors (Lipinski definition) is 0. The number of likely N-dealkylation sites (N-methyl/N-ethyl adjacent to an activating group) is 1. The number of carbonyl (C=O) groups is 2. The highest BCUT2D eigenvalue weighted by Gasteiger charge is 2.24. The Balaban J connectivity index is 3.09. The third-order valence-corrected chi connectivity index (χ3v) is 3.00. The Morgan fingerprint density at radius 2 is 1.45 bits per heavy atom. The molecule has 0 aromatic heterocycles. The largest absolute Gasteiger partial charge is 0.496 e. The zero-order valence-electron chi connectivity index (χ0n) is 13.6. The van der Waals surface area contributed by atoms with Gasteiger partial charge >= 0.3 is 5.97 Å². The molecule has 0 spiro atoms. The molecule has 0 heterocycles. The Morgan fingerprint density at radius 3 is 1.91 bits per heavy atom. The number of nitrogens with zero attached hydrogens (tertiary/aromatic N) is 1. The van der Waals surface area contributed by atoms with Crippen molar-refractivity contribution < 1.29 is 28.5 Å². The van der Waals surface area contributed by atoms with E-state index in [0.717, 1.165) is 0 Å². The minimum Gasteiger partial charge on any atom is -0.496 e. The van der Waals surface area contributed by atoms with Crippen LogP contribution in [0, 0.1) is 0 Å². The van der Waals surface area contributed by atoms with Crippen molar-refractivity contribution in [3.8, 4) is 17.2 Å². The lowest BCUT2D eigenvalue weighted by atomic mass is 10.1. The lowest BCUT2D eigenvalue weighted by Crippen LogP contribution is -2.35. The van der Waals surface area contributed by atoms with Gasteiger partial charge in [0.1, 0.15) is 11.3 Å². The molecule has 22 heavy (non-hydrogen) atoms. The fourth-order valence-corrected chi connectivity index (χ4v) is 1.83. The monoisotopic (exact) mass is 311 g/mol. The van der Waals surface area contributed by atoms with E-state index >= 15 is 0 Å². The highest BCUT2D eigenvalue weighted by atomic mass is 16.6. The number of amides is 1. The Hall–Kier alpha value is -2.44. The molecule has 0 saturated carbocycles. The van der Waals surface area contributed by atoms with Crippen LogP contribution in [0.25, 0.3) is 0 Å². The van der Waals surface area contributed by atoms with Crippen LogP contribution in [-0.4, -0.2) is 58.3 Å². The number of esters is 1. The maximum absolute atomic E-state index is 12.3. The van der Waals surface area contributed by atoms with Crippen LogP contribution in [0.1, 0.15) is 17.3 Å². The standard InChI is InChI=1S/C15H21NO6/c1-9(14(17)16(2)3)22-15(18)10-7-12(20-5)13(21-6)8-11(10)19-4/h7-9H,1-6H3/t9-/m1/s1. The van der Waals surface area contributed by atoms with Gasteiger partial charge in [-0.2, -0.15) is 0 Å². The van der Waals surface area contributed by atoms with Gasteiger partial charge in [-0.1, -0.05) is 0 Å². The fraction of sp³-hybridized carbons (Fsp3) is 0.467. The van der Waals surface area contributed by atoms with E-state index in [0.29, 0.717) is 11.5 Å². The molecule has 0 radical (unpaired) electrons. The van der Waals surface area contributed by atoms with Gasteiger partial charge in [-0.05, 0) is 6.92 Å². The number of carbonyl (C=O) groups excluding carboxylic acids is 2. The van der Waals surface area contributed by atoms with E-state index < -0.39 is 12.1 Å². The van der Waals surface area contributed by atoms with Crippen molar-refractivity contribution in [3.05, 3.63) is 17.7 Å². The highest BCUT2D eigenvalue weighted by molar-refractivity contribution is 5.95. The van der Waals surface area contributed by atoms with Crippen LogP contribution in [0.15, 0.2) is 12.1 Å². The molecule has 0 saturated heterocycles. The summed E-state index contributed by atoms with van der Waals surface area (Å²) < 4.78 is 20.6. The van der Waals surface area contributed by atoms with Crippen LogP contribution in [0.2, 0.25) is 0 Å². The van der Waals surface area contributed by atoms with Gasteiger partial charge in [0.25, 0.3) is 5.91 Å². The van der Waals surface area contributed by atoms with Gasteiger partial charge < -0.3 is 23.8 Å². The Kier molecular flexibility index (Phi) is 6.03. The molecule has 0 N–H and O–H groups in total. The first kappa shape index (κ1) is 17.6. The summed E-state index contributed by atoms with van der Waals surface area (Å²) >= 11 is 0. The van der Waals surface area contributed by atoms with Gasteiger partial charge in [-0.3, -0.25) is 4.79 Å². The van der Waals surface area contributed by atoms with Gasteiger partial charge in [-0.25, -0.2) is 4.79 Å². The zero-order valence-corrected chi connectivity index (χ0v) is 13.6. The van der Waals surface area contributed by atoms with Crippen molar-refractivity contribution in [1.29, 1.82) is 0 Å². The summed E-state index contributed by atoms with van der Waals surface area (Å²) in [5, 5.41) is 0. The lowest BCUT2D eigenvalue weighted by Gasteiger charge is -2.18. The molecule has 7 heteroatoms. The maximum atomic E-state index is 12.3. The number of ether oxygens (including phenoxy) is 4. The van der Waals surface area contributed by atoms with E-state index in [2.05, 4.69) is 0 Å². The summed E-state index contributed by atoms with van der Waals surface area (Å²) in [5.74, 6) is 0.0654. The maximum Gasteiger partial charge on any atom is 0.342 e. The number of methoxy groups -OCH3 is 3. The third-order valence-electron chi connectivity index (χ3n) is 3.00. The summed E-state index contributed by atoms with van der Waals surface area (Å²) in [6.07, 6.45) is -0.902. The smallest absolute Gasteiger partial charge is 0.342 e. The topological polar surface area (TPSA) is 74.3 Å². The molecule has 0 bridgehead atoms. The second-order valence-electron chi connectivity index (χ2n) is 4.69. The summed E-state index contributed by atoms with van der Waals surface area (Å²) in [4.78, 5) is 25.4. The normalized spacial score (nSPS) is 11.4.